The largest absolute Gasteiger partial charge is 0.507 e. The van der Waals surface area contributed by atoms with Gasteiger partial charge in [0.25, 0.3) is 0 Å². The molecular formula is C35H33N3O3. The van der Waals surface area contributed by atoms with Gasteiger partial charge in [-0.3, -0.25) is 0 Å². The maximum Gasteiger partial charge on any atom is 0.219 e. The van der Waals surface area contributed by atoms with Gasteiger partial charge in [-0.1, -0.05) is 77.9 Å². The van der Waals surface area contributed by atoms with Crippen LogP contribution in [0, 0.1) is 0 Å². The van der Waals surface area contributed by atoms with Crippen molar-refractivity contribution in [1.29, 1.82) is 0 Å². The number of phenols is 1. The normalized spacial score (nSPS) is 12.2. The first-order valence-electron chi connectivity index (χ1n) is 13.8. The van der Waals surface area contributed by atoms with Gasteiger partial charge >= 0.3 is 0 Å². The summed E-state index contributed by atoms with van der Waals surface area (Å²) in [6.07, 6.45) is 1.69. The van der Waals surface area contributed by atoms with Crippen molar-refractivity contribution in [1.82, 2.24) is 15.0 Å². The molecular weight excluding hydrogens is 510 g/mol. The van der Waals surface area contributed by atoms with Gasteiger partial charge in [-0.25, -0.2) is 15.0 Å². The maximum absolute atomic E-state index is 11.7. The Morgan fingerprint density at radius 2 is 1.56 bits per heavy atom. The van der Waals surface area contributed by atoms with Gasteiger partial charge in [-0.05, 0) is 52.8 Å². The molecule has 3 heterocycles. The molecule has 206 valence electrons. The molecule has 0 bridgehead atoms. The van der Waals surface area contributed by atoms with Crippen molar-refractivity contribution in [3.05, 3.63) is 96.2 Å². The average molecular weight is 544 g/mol. The van der Waals surface area contributed by atoms with Gasteiger partial charge in [0, 0.05) is 34.3 Å². The van der Waals surface area contributed by atoms with Crippen LogP contribution in [0.25, 0.3) is 44.7 Å². The number of nitrogens with zero attached hydrogens (tertiary/aromatic N) is 3. The van der Waals surface area contributed by atoms with Crippen LogP contribution in [0.3, 0.4) is 0 Å². The minimum absolute atomic E-state index is 0.150. The Labute approximate surface area is 239 Å². The van der Waals surface area contributed by atoms with Gasteiger partial charge in [0.1, 0.15) is 28.3 Å². The third-order valence-electron chi connectivity index (χ3n) is 7.21. The van der Waals surface area contributed by atoms with Crippen LogP contribution >= 0.6 is 0 Å². The molecule has 3 aromatic carbocycles. The minimum atomic E-state index is -0.292. The highest BCUT2D eigenvalue weighted by molar-refractivity contribution is 6.07. The summed E-state index contributed by atoms with van der Waals surface area (Å²) in [4.78, 5) is 14.3. The van der Waals surface area contributed by atoms with Crippen molar-refractivity contribution < 1.29 is 14.3 Å². The van der Waals surface area contributed by atoms with Crippen LogP contribution in [-0.4, -0.2) is 20.1 Å². The van der Waals surface area contributed by atoms with E-state index < -0.39 is 0 Å². The molecule has 0 atom stereocenters. The molecule has 0 aliphatic carbocycles. The summed E-state index contributed by atoms with van der Waals surface area (Å²) in [6.45, 7) is 12.8. The number of pyridine rings is 1. The summed E-state index contributed by atoms with van der Waals surface area (Å²) in [6, 6.07) is 25.1. The van der Waals surface area contributed by atoms with Crippen LogP contribution in [0.15, 0.2) is 89.5 Å². The fourth-order valence-electron chi connectivity index (χ4n) is 4.95. The van der Waals surface area contributed by atoms with E-state index in [9.17, 15) is 5.11 Å². The average Bonchev–Trinajstić information content (AvgIpc) is 3.31. The van der Waals surface area contributed by atoms with Crippen molar-refractivity contribution >= 4 is 22.1 Å². The number of aromatic hydroxyl groups is 1. The van der Waals surface area contributed by atoms with E-state index in [-0.39, 0.29) is 16.6 Å². The fourth-order valence-corrected chi connectivity index (χ4v) is 4.95. The van der Waals surface area contributed by atoms with E-state index in [1.54, 1.807) is 6.20 Å². The van der Waals surface area contributed by atoms with Gasteiger partial charge in [0.15, 0.2) is 11.4 Å². The molecule has 3 aromatic heterocycles. The zero-order valence-corrected chi connectivity index (χ0v) is 24.2. The smallest absolute Gasteiger partial charge is 0.219 e. The molecule has 6 heteroatoms. The van der Waals surface area contributed by atoms with Gasteiger partial charge < -0.3 is 14.3 Å². The topological polar surface area (TPSA) is 81.3 Å². The number of ether oxygens (including phenoxy) is 1. The summed E-state index contributed by atoms with van der Waals surface area (Å²) in [7, 11) is 0. The van der Waals surface area contributed by atoms with Crippen molar-refractivity contribution in [3.63, 3.8) is 0 Å². The summed E-state index contributed by atoms with van der Waals surface area (Å²) >= 11 is 0. The van der Waals surface area contributed by atoms with Crippen LogP contribution in [-0.2, 0) is 10.8 Å². The monoisotopic (exact) mass is 543 g/mol. The molecule has 0 spiro atoms. The lowest BCUT2D eigenvalue weighted by Crippen LogP contribution is -2.17. The minimum Gasteiger partial charge on any atom is -0.507 e. The third-order valence-corrected chi connectivity index (χ3v) is 7.21. The summed E-state index contributed by atoms with van der Waals surface area (Å²) < 4.78 is 12.4. The summed E-state index contributed by atoms with van der Waals surface area (Å²) in [5.41, 5.74) is 5.40. The Bertz CT molecular complexity index is 1890. The van der Waals surface area contributed by atoms with Crippen LogP contribution in [0.4, 0.5) is 0 Å². The lowest BCUT2D eigenvalue weighted by Gasteiger charge is -2.27. The lowest BCUT2D eigenvalue weighted by atomic mass is 9.78. The molecule has 0 aliphatic heterocycles. The van der Waals surface area contributed by atoms with Crippen molar-refractivity contribution in [2.24, 2.45) is 0 Å². The Morgan fingerprint density at radius 3 is 2.29 bits per heavy atom. The number of fused-ring (bicyclic) bond motifs is 3. The Kier molecular flexibility index (Phi) is 6.29. The molecule has 1 N–H and O–H groups in total. The van der Waals surface area contributed by atoms with Crippen LogP contribution < -0.4 is 4.74 Å². The highest BCUT2D eigenvalue weighted by atomic mass is 16.5. The van der Waals surface area contributed by atoms with Gasteiger partial charge in [-0.15, -0.1) is 0 Å². The van der Waals surface area contributed by atoms with Gasteiger partial charge in [0.2, 0.25) is 5.88 Å². The van der Waals surface area contributed by atoms with Gasteiger partial charge in [-0.2, -0.15) is 0 Å². The van der Waals surface area contributed by atoms with E-state index in [2.05, 4.69) is 52.6 Å². The highest BCUT2D eigenvalue weighted by Crippen LogP contribution is 2.45. The molecule has 41 heavy (non-hydrogen) atoms. The van der Waals surface area contributed by atoms with E-state index in [0.29, 0.717) is 45.4 Å². The first kappa shape index (κ1) is 26.5. The SMILES string of the molecule is CC(C)(C)c1cc(-c2nc(-c3cccc(Oc4ccccn4)c3)nc3c2oc2ccccc23)c(O)c(C(C)(C)C)c1. The molecule has 0 unspecified atom stereocenters. The van der Waals surface area contributed by atoms with Crippen molar-refractivity contribution in [3.8, 4) is 40.0 Å². The number of para-hydroxylation sites is 1. The second-order valence-corrected chi connectivity index (χ2v) is 12.4. The van der Waals surface area contributed by atoms with E-state index in [0.717, 1.165) is 22.1 Å². The molecule has 0 saturated heterocycles. The first-order chi connectivity index (χ1) is 19.5. The zero-order chi connectivity index (χ0) is 28.9. The van der Waals surface area contributed by atoms with E-state index in [1.165, 1.54) is 0 Å². The van der Waals surface area contributed by atoms with Crippen LogP contribution in [0.5, 0.6) is 17.4 Å². The summed E-state index contributed by atoms with van der Waals surface area (Å²) in [5.74, 6) is 1.82. The number of benzene rings is 3. The molecule has 0 radical (unpaired) electrons. The second kappa shape index (κ2) is 9.73. The first-order valence-corrected chi connectivity index (χ1v) is 13.8. The molecule has 6 aromatic rings. The molecule has 6 nitrogen and oxygen atoms in total. The molecule has 0 fully saturated rings. The van der Waals surface area contributed by atoms with Gasteiger partial charge in [0.05, 0.1) is 0 Å². The summed E-state index contributed by atoms with van der Waals surface area (Å²) in [5, 5.41) is 12.6. The molecule has 0 amide bonds. The molecule has 0 saturated carbocycles. The number of hydrogen-bond donors (Lipinski definition) is 1. The number of rotatable bonds is 4. The highest BCUT2D eigenvalue weighted by Gasteiger charge is 2.28. The Morgan fingerprint density at radius 1 is 0.780 bits per heavy atom. The van der Waals surface area contributed by atoms with Crippen molar-refractivity contribution in [2.75, 3.05) is 0 Å². The van der Waals surface area contributed by atoms with Crippen LogP contribution in [0.1, 0.15) is 52.7 Å². The van der Waals surface area contributed by atoms with E-state index >= 15 is 0 Å². The number of phenolic OH excluding ortho intramolecular Hbond substituents is 1. The van der Waals surface area contributed by atoms with E-state index in [4.69, 9.17) is 19.1 Å². The number of furan rings is 1. The lowest BCUT2D eigenvalue weighted by molar-refractivity contribution is 0.446. The van der Waals surface area contributed by atoms with E-state index in [1.807, 2.05) is 72.8 Å². The fraction of sp³-hybridized carbons (Fsp3) is 0.229. The predicted octanol–water partition coefficient (Wildman–Crippen LogP) is 9.20. The Balaban J connectivity index is 1.62. The van der Waals surface area contributed by atoms with Crippen LogP contribution in [0.2, 0.25) is 0 Å². The molecule has 0 aliphatic rings. The number of aromatic nitrogens is 3. The molecule has 6 rings (SSSR count). The maximum atomic E-state index is 11.7. The third kappa shape index (κ3) is 5.02. The zero-order valence-electron chi connectivity index (χ0n) is 24.2. The van der Waals surface area contributed by atoms with Crippen molar-refractivity contribution in [2.45, 2.75) is 52.4 Å². The number of hydrogen-bond acceptors (Lipinski definition) is 6. The quantitative estimate of drug-likeness (QED) is 0.239. The second-order valence-electron chi connectivity index (χ2n) is 12.4. The predicted molar refractivity (Wildman–Crippen MR) is 164 cm³/mol. The standard InChI is InChI=1S/C35H33N3O3/c1-34(2,3)22-19-25(31(39)26(20-22)35(4,5)6)30-32-29(24-14-7-8-15-27(24)41-32)37-33(38-30)21-12-11-13-23(18-21)40-28-16-9-10-17-36-28/h7-20,39H,1-6H3. The Hall–Kier alpha value is -4.71.